The molecule has 2 N–H and O–H groups in total. The Hall–Kier alpha value is -1.47. The van der Waals surface area contributed by atoms with Crippen LogP contribution in [0.15, 0.2) is 5.38 Å². The maximum Gasteiger partial charge on any atom is 0.355 e. The van der Waals surface area contributed by atoms with Gasteiger partial charge in [-0.15, -0.1) is 11.3 Å². The second kappa shape index (κ2) is 5.26. The van der Waals surface area contributed by atoms with E-state index in [2.05, 4.69) is 10.3 Å². The minimum Gasteiger partial charge on any atom is -0.476 e. The van der Waals surface area contributed by atoms with Crippen LogP contribution in [0, 0.1) is 0 Å². The molecule has 2 atom stereocenters. The Kier molecular flexibility index (Phi) is 3.86. The third kappa shape index (κ3) is 2.93. The van der Waals surface area contributed by atoms with Crippen LogP contribution >= 0.6 is 11.3 Å². The van der Waals surface area contributed by atoms with Gasteiger partial charge in [-0.05, 0) is 26.7 Å². The summed E-state index contributed by atoms with van der Waals surface area (Å²) in [6, 6.07) is -0.327. The van der Waals surface area contributed by atoms with Gasteiger partial charge in [-0.2, -0.15) is 0 Å². The van der Waals surface area contributed by atoms with Gasteiger partial charge >= 0.3 is 5.97 Å². The molecule has 0 radical (unpaired) electrons. The van der Waals surface area contributed by atoms with Gasteiger partial charge in [-0.1, -0.05) is 0 Å². The summed E-state index contributed by atoms with van der Waals surface area (Å²) in [4.78, 5) is 26.8. The molecule has 7 heteroatoms. The topological polar surface area (TPSA) is 88.5 Å². The minimum atomic E-state index is -1.06. The van der Waals surface area contributed by atoms with Gasteiger partial charge in [0.25, 0.3) is 5.91 Å². The van der Waals surface area contributed by atoms with E-state index in [0.717, 1.165) is 6.42 Å². The van der Waals surface area contributed by atoms with Crippen molar-refractivity contribution in [1.82, 2.24) is 10.3 Å². The summed E-state index contributed by atoms with van der Waals surface area (Å²) in [5.41, 5.74) is -0.773. The van der Waals surface area contributed by atoms with Crippen molar-refractivity contribution in [1.29, 1.82) is 0 Å². The first-order chi connectivity index (χ1) is 8.92. The quantitative estimate of drug-likeness (QED) is 0.876. The van der Waals surface area contributed by atoms with Crippen LogP contribution in [-0.4, -0.2) is 34.2 Å². The molecule has 1 aliphatic rings. The van der Waals surface area contributed by atoms with E-state index in [1.54, 1.807) is 13.8 Å². The van der Waals surface area contributed by atoms with Gasteiger partial charge in [-0.25, -0.2) is 9.78 Å². The zero-order chi connectivity index (χ0) is 14.0. The predicted molar refractivity (Wildman–Crippen MR) is 69.2 cm³/mol. The zero-order valence-corrected chi connectivity index (χ0v) is 11.6. The first kappa shape index (κ1) is 14.0. The molecule has 1 aromatic rings. The smallest absolute Gasteiger partial charge is 0.355 e. The summed E-state index contributed by atoms with van der Waals surface area (Å²) in [7, 11) is 0. The Morgan fingerprint density at radius 1 is 1.63 bits per heavy atom. The van der Waals surface area contributed by atoms with Crippen LogP contribution in [-0.2, 0) is 9.53 Å². The number of nitrogens with one attached hydrogen (secondary N) is 1. The lowest BCUT2D eigenvalue weighted by Gasteiger charge is -2.23. The van der Waals surface area contributed by atoms with E-state index in [-0.39, 0.29) is 17.6 Å². The lowest BCUT2D eigenvalue weighted by atomic mass is 10.0. The maximum atomic E-state index is 12.1. The second-order valence-corrected chi connectivity index (χ2v) is 5.64. The van der Waals surface area contributed by atoms with Crippen LogP contribution in [0.25, 0.3) is 0 Å². The Bertz CT molecular complexity index is 494. The van der Waals surface area contributed by atoms with Crippen molar-refractivity contribution in [3.05, 3.63) is 16.1 Å². The summed E-state index contributed by atoms with van der Waals surface area (Å²) in [5.74, 6) is -1.24. The number of hydrogen-bond acceptors (Lipinski definition) is 5. The largest absolute Gasteiger partial charge is 0.476 e. The van der Waals surface area contributed by atoms with Crippen molar-refractivity contribution in [2.45, 2.75) is 38.3 Å². The molecule has 0 bridgehead atoms. The normalized spacial score (nSPS) is 24.1. The molecule has 0 aliphatic carbocycles. The average molecular weight is 284 g/mol. The van der Waals surface area contributed by atoms with Gasteiger partial charge in [0.1, 0.15) is 10.6 Å². The summed E-state index contributed by atoms with van der Waals surface area (Å²) < 4.78 is 5.46. The fraction of sp³-hybridized carbons (Fsp3) is 0.583. The van der Waals surface area contributed by atoms with Gasteiger partial charge in [-0.3, -0.25) is 4.79 Å². The second-order valence-electron chi connectivity index (χ2n) is 4.75. The highest BCUT2D eigenvalue weighted by atomic mass is 32.1. The van der Waals surface area contributed by atoms with Gasteiger partial charge in [0.05, 0.1) is 6.04 Å². The molecule has 1 saturated heterocycles. The molecular formula is C12H16N2O4S. The summed E-state index contributed by atoms with van der Waals surface area (Å²) in [5, 5.41) is 13.7. The number of ether oxygens (including phenoxy) is 1. The van der Waals surface area contributed by atoms with E-state index >= 15 is 0 Å². The monoisotopic (exact) mass is 284 g/mol. The number of carbonyl (C=O) groups is 2. The third-order valence-electron chi connectivity index (χ3n) is 3.16. The van der Waals surface area contributed by atoms with Crippen LogP contribution in [0.2, 0.25) is 0 Å². The number of thiazole rings is 1. The molecular weight excluding hydrogens is 268 g/mol. The zero-order valence-electron chi connectivity index (χ0n) is 10.8. The highest BCUT2D eigenvalue weighted by molar-refractivity contribution is 7.09. The van der Waals surface area contributed by atoms with Crippen molar-refractivity contribution >= 4 is 23.2 Å². The molecule has 2 unspecified atom stereocenters. The average Bonchev–Trinajstić information content (AvgIpc) is 2.97. The number of carbonyl (C=O) groups excluding carboxylic acids is 1. The Morgan fingerprint density at radius 3 is 2.89 bits per heavy atom. The lowest BCUT2D eigenvalue weighted by molar-refractivity contribution is -0.140. The van der Waals surface area contributed by atoms with E-state index in [0.29, 0.717) is 18.0 Å². The van der Waals surface area contributed by atoms with Crippen molar-refractivity contribution in [3.63, 3.8) is 0 Å². The first-order valence-corrected chi connectivity index (χ1v) is 6.94. The standard InChI is InChI=1S/C12H16N2O4S/c1-7(9-14-8(6-19-9)10(15)16)13-11(17)12(2)4-3-5-18-12/h6-7H,3-5H2,1-2H3,(H,13,17)(H,15,16). The van der Waals surface area contributed by atoms with Crippen molar-refractivity contribution < 1.29 is 19.4 Å². The summed E-state index contributed by atoms with van der Waals surface area (Å²) >= 11 is 1.22. The molecule has 0 spiro atoms. The van der Waals surface area contributed by atoms with Gasteiger partial charge in [0, 0.05) is 12.0 Å². The molecule has 1 fully saturated rings. The minimum absolute atomic E-state index is 0.00410. The Morgan fingerprint density at radius 2 is 2.37 bits per heavy atom. The van der Waals surface area contributed by atoms with Crippen LogP contribution in [0.4, 0.5) is 0 Å². The van der Waals surface area contributed by atoms with E-state index in [9.17, 15) is 9.59 Å². The van der Waals surface area contributed by atoms with Crippen LogP contribution in [0.1, 0.15) is 48.2 Å². The maximum absolute atomic E-state index is 12.1. The van der Waals surface area contributed by atoms with Crippen LogP contribution in [0.5, 0.6) is 0 Å². The predicted octanol–water partition coefficient (Wildman–Crippen LogP) is 1.59. The Labute approximate surface area is 114 Å². The van der Waals surface area contributed by atoms with Crippen LogP contribution < -0.4 is 5.32 Å². The number of rotatable bonds is 4. The molecule has 1 aromatic heterocycles. The Balaban J connectivity index is 2.01. The fourth-order valence-electron chi connectivity index (χ4n) is 1.95. The summed E-state index contributed by atoms with van der Waals surface area (Å²) in [6.07, 6.45) is 1.57. The first-order valence-electron chi connectivity index (χ1n) is 6.06. The van der Waals surface area contributed by atoms with Crippen molar-refractivity contribution in [2.75, 3.05) is 6.61 Å². The molecule has 19 heavy (non-hydrogen) atoms. The van der Waals surface area contributed by atoms with E-state index < -0.39 is 11.6 Å². The molecule has 104 valence electrons. The summed E-state index contributed by atoms with van der Waals surface area (Å²) in [6.45, 7) is 4.14. The van der Waals surface area contributed by atoms with Crippen LogP contribution in [0.3, 0.4) is 0 Å². The molecule has 2 rings (SSSR count). The molecule has 2 heterocycles. The number of hydrogen-bond donors (Lipinski definition) is 2. The van der Waals surface area contributed by atoms with E-state index in [1.807, 2.05) is 0 Å². The number of aromatic nitrogens is 1. The van der Waals surface area contributed by atoms with E-state index in [4.69, 9.17) is 9.84 Å². The van der Waals surface area contributed by atoms with Gasteiger partial charge in [0.15, 0.2) is 5.69 Å². The molecule has 1 amide bonds. The molecule has 0 saturated carbocycles. The lowest BCUT2D eigenvalue weighted by Crippen LogP contribution is -2.44. The third-order valence-corrected chi connectivity index (χ3v) is 4.19. The van der Waals surface area contributed by atoms with Gasteiger partial charge in [0.2, 0.25) is 0 Å². The van der Waals surface area contributed by atoms with Crippen molar-refractivity contribution in [2.24, 2.45) is 0 Å². The number of aromatic carboxylic acids is 1. The number of carboxylic acids is 1. The molecule has 0 aromatic carbocycles. The number of carboxylic acid groups (broad SMARTS) is 1. The van der Waals surface area contributed by atoms with Gasteiger partial charge < -0.3 is 15.2 Å². The number of nitrogens with zero attached hydrogens (tertiary/aromatic N) is 1. The number of amides is 1. The molecule has 1 aliphatic heterocycles. The highest BCUT2D eigenvalue weighted by Crippen LogP contribution is 2.26. The SMILES string of the molecule is CC(NC(=O)C1(C)CCCO1)c1nc(C(=O)O)cs1. The molecule has 6 nitrogen and oxygen atoms in total. The fourth-order valence-corrected chi connectivity index (χ4v) is 2.75. The highest BCUT2D eigenvalue weighted by Gasteiger charge is 2.38. The van der Waals surface area contributed by atoms with E-state index in [1.165, 1.54) is 16.7 Å². The van der Waals surface area contributed by atoms with Crippen molar-refractivity contribution in [3.8, 4) is 0 Å².